The standard InChI is InChI=1S/C15H9F4NO2S2/c16-13(9-5-1-2-6-10(9)15(17,18)19)24(21,22)14-20-11-7-3-4-8-12(11)23-14/h1-8,13H. The summed E-state index contributed by atoms with van der Waals surface area (Å²) in [6, 6.07) is 10.1. The van der Waals surface area contributed by atoms with Gasteiger partial charge in [0.15, 0.2) is 0 Å². The zero-order valence-corrected chi connectivity index (χ0v) is 13.4. The summed E-state index contributed by atoms with van der Waals surface area (Å²) < 4.78 is 78.3. The number of para-hydroxylation sites is 1. The summed E-state index contributed by atoms with van der Waals surface area (Å²) >= 11 is 0.720. The van der Waals surface area contributed by atoms with Crippen LogP contribution in [0.25, 0.3) is 10.2 Å². The molecule has 3 aromatic rings. The summed E-state index contributed by atoms with van der Waals surface area (Å²) in [6.07, 6.45) is -4.86. The van der Waals surface area contributed by atoms with E-state index in [1.807, 2.05) is 0 Å². The van der Waals surface area contributed by atoms with Crippen LogP contribution >= 0.6 is 11.3 Å². The predicted molar refractivity (Wildman–Crippen MR) is 82.1 cm³/mol. The minimum absolute atomic E-state index is 0.345. The van der Waals surface area contributed by atoms with Gasteiger partial charge in [0.25, 0.3) is 0 Å². The van der Waals surface area contributed by atoms with Crippen LogP contribution in [0, 0.1) is 0 Å². The first-order valence-corrected chi connectivity index (χ1v) is 8.97. The van der Waals surface area contributed by atoms with E-state index in [0.29, 0.717) is 16.3 Å². The molecule has 24 heavy (non-hydrogen) atoms. The molecule has 1 aromatic heterocycles. The van der Waals surface area contributed by atoms with Gasteiger partial charge in [0, 0.05) is 5.56 Å². The molecule has 0 N–H and O–H groups in total. The highest BCUT2D eigenvalue weighted by Gasteiger charge is 2.40. The molecule has 0 saturated heterocycles. The van der Waals surface area contributed by atoms with E-state index >= 15 is 0 Å². The molecule has 0 saturated carbocycles. The van der Waals surface area contributed by atoms with E-state index in [1.54, 1.807) is 24.3 Å². The Morgan fingerprint density at radius 1 is 1.00 bits per heavy atom. The molecule has 0 spiro atoms. The van der Waals surface area contributed by atoms with Crippen LogP contribution < -0.4 is 0 Å². The molecule has 0 aliphatic carbocycles. The van der Waals surface area contributed by atoms with Crippen LogP contribution in [-0.2, 0) is 16.0 Å². The molecule has 0 radical (unpaired) electrons. The average Bonchev–Trinajstić information content (AvgIpc) is 2.98. The number of thiazole rings is 1. The quantitative estimate of drug-likeness (QED) is 0.620. The van der Waals surface area contributed by atoms with Gasteiger partial charge in [-0.3, -0.25) is 0 Å². The summed E-state index contributed by atoms with van der Waals surface area (Å²) in [7, 11) is -4.70. The summed E-state index contributed by atoms with van der Waals surface area (Å²) in [6.45, 7) is 0. The van der Waals surface area contributed by atoms with Gasteiger partial charge in [-0.25, -0.2) is 17.8 Å². The van der Waals surface area contributed by atoms with Crippen LogP contribution in [0.1, 0.15) is 16.6 Å². The van der Waals surface area contributed by atoms with Gasteiger partial charge in [-0.15, -0.1) is 11.3 Å². The molecule has 0 aliphatic heterocycles. The molecule has 0 bridgehead atoms. The molecule has 2 aromatic carbocycles. The summed E-state index contributed by atoms with van der Waals surface area (Å²) in [5.74, 6) is 0. The van der Waals surface area contributed by atoms with Gasteiger partial charge in [-0.05, 0) is 18.2 Å². The van der Waals surface area contributed by atoms with Crippen molar-refractivity contribution in [2.75, 3.05) is 0 Å². The van der Waals surface area contributed by atoms with Gasteiger partial charge in [0.2, 0.25) is 19.7 Å². The van der Waals surface area contributed by atoms with E-state index in [2.05, 4.69) is 4.98 Å². The number of halogens is 4. The van der Waals surface area contributed by atoms with Gasteiger partial charge in [0.1, 0.15) is 0 Å². The van der Waals surface area contributed by atoms with Crippen molar-refractivity contribution in [2.45, 2.75) is 16.0 Å². The summed E-state index contributed by atoms with van der Waals surface area (Å²) in [4.78, 5) is 3.83. The topological polar surface area (TPSA) is 47.0 Å². The minimum atomic E-state index is -4.86. The van der Waals surface area contributed by atoms with Crippen LogP contribution in [0.5, 0.6) is 0 Å². The minimum Gasteiger partial charge on any atom is -0.225 e. The Kier molecular flexibility index (Phi) is 4.08. The number of benzene rings is 2. The Bertz CT molecular complexity index is 963. The monoisotopic (exact) mass is 375 g/mol. The Balaban J connectivity index is 2.11. The van der Waals surface area contributed by atoms with E-state index in [1.165, 1.54) is 0 Å². The number of nitrogens with zero attached hydrogens (tertiary/aromatic N) is 1. The average molecular weight is 375 g/mol. The van der Waals surface area contributed by atoms with E-state index in [-0.39, 0.29) is 0 Å². The highest BCUT2D eigenvalue weighted by molar-refractivity contribution is 7.93. The maximum Gasteiger partial charge on any atom is 0.416 e. The normalized spacial score (nSPS) is 14.0. The third-order valence-electron chi connectivity index (χ3n) is 3.30. The lowest BCUT2D eigenvalue weighted by Crippen LogP contribution is -2.15. The highest BCUT2D eigenvalue weighted by Crippen LogP contribution is 2.40. The fourth-order valence-corrected chi connectivity index (χ4v) is 4.81. The first-order valence-electron chi connectivity index (χ1n) is 6.61. The lowest BCUT2D eigenvalue weighted by Gasteiger charge is -2.15. The second kappa shape index (κ2) is 5.82. The number of hydrogen-bond acceptors (Lipinski definition) is 4. The van der Waals surface area contributed by atoms with E-state index in [4.69, 9.17) is 0 Å². The van der Waals surface area contributed by atoms with Crippen LogP contribution in [0.4, 0.5) is 17.6 Å². The molecule has 0 fully saturated rings. The Morgan fingerprint density at radius 3 is 2.29 bits per heavy atom. The fraction of sp³-hybridized carbons (Fsp3) is 0.133. The van der Waals surface area contributed by atoms with Crippen LogP contribution in [0.3, 0.4) is 0 Å². The largest absolute Gasteiger partial charge is 0.416 e. The SMILES string of the molecule is O=S(=O)(c1nc2ccccc2s1)C(F)c1ccccc1C(F)(F)F. The van der Waals surface area contributed by atoms with Crippen LogP contribution in [-0.4, -0.2) is 13.4 Å². The maximum absolute atomic E-state index is 14.6. The van der Waals surface area contributed by atoms with E-state index in [9.17, 15) is 26.0 Å². The maximum atomic E-state index is 14.6. The van der Waals surface area contributed by atoms with Gasteiger partial charge < -0.3 is 0 Å². The predicted octanol–water partition coefficient (Wildman–Crippen LogP) is 4.76. The van der Waals surface area contributed by atoms with Crippen LogP contribution in [0.15, 0.2) is 52.9 Å². The molecule has 0 amide bonds. The van der Waals surface area contributed by atoms with Gasteiger partial charge >= 0.3 is 6.18 Å². The third-order valence-corrected chi connectivity index (χ3v) is 6.46. The van der Waals surface area contributed by atoms with Crippen molar-refractivity contribution in [3.8, 4) is 0 Å². The van der Waals surface area contributed by atoms with E-state index < -0.39 is 37.0 Å². The number of aromatic nitrogens is 1. The Hall–Kier alpha value is -2.00. The second-order valence-electron chi connectivity index (χ2n) is 4.89. The van der Waals surface area contributed by atoms with Crippen molar-refractivity contribution in [2.24, 2.45) is 0 Å². The Morgan fingerprint density at radius 2 is 1.62 bits per heavy atom. The molecule has 3 nitrogen and oxygen atoms in total. The zero-order chi connectivity index (χ0) is 17.5. The van der Waals surface area contributed by atoms with Crippen molar-refractivity contribution >= 4 is 31.4 Å². The Labute approximate surface area is 138 Å². The van der Waals surface area contributed by atoms with Crippen molar-refractivity contribution in [3.63, 3.8) is 0 Å². The van der Waals surface area contributed by atoms with Gasteiger partial charge in [-0.2, -0.15) is 13.2 Å². The van der Waals surface area contributed by atoms with Crippen molar-refractivity contribution in [3.05, 3.63) is 59.7 Å². The molecule has 1 unspecified atom stereocenters. The highest BCUT2D eigenvalue weighted by atomic mass is 32.2. The number of sulfone groups is 1. The van der Waals surface area contributed by atoms with Gasteiger partial charge in [-0.1, -0.05) is 30.3 Å². The smallest absolute Gasteiger partial charge is 0.225 e. The van der Waals surface area contributed by atoms with Crippen molar-refractivity contribution < 1.29 is 26.0 Å². The molecular formula is C15H9F4NO2S2. The van der Waals surface area contributed by atoms with Crippen molar-refractivity contribution in [1.82, 2.24) is 4.98 Å². The van der Waals surface area contributed by atoms with Crippen LogP contribution in [0.2, 0.25) is 0 Å². The summed E-state index contributed by atoms with van der Waals surface area (Å²) in [5, 5.41) is 0. The van der Waals surface area contributed by atoms with E-state index in [0.717, 1.165) is 29.5 Å². The number of hydrogen-bond donors (Lipinski definition) is 0. The molecule has 3 rings (SSSR count). The summed E-state index contributed by atoms with van der Waals surface area (Å²) in [5.41, 5.74) is -4.76. The third kappa shape index (κ3) is 2.89. The molecule has 9 heteroatoms. The second-order valence-corrected chi connectivity index (χ2v) is 8.07. The fourth-order valence-electron chi connectivity index (χ4n) is 2.18. The van der Waals surface area contributed by atoms with Crippen molar-refractivity contribution in [1.29, 1.82) is 0 Å². The lowest BCUT2D eigenvalue weighted by atomic mass is 10.1. The first kappa shape index (κ1) is 16.8. The zero-order valence-electron chi connectivity index (χ0n) is 11.8. The number of rotatable bonds is 3. The first-order chi connectivity index (χ1) is 11.2. The number of fused-ring (bicyclic) bond motifs is 1. The number of alkyl halides is 4. The molecule has 1 atom stereocenters. The molecular weight excluding hydrogens is 366 g/mol. The lowest BCUT2D eigenvalue weighted by molar-refractivity contribution is -0.138. The molecule has 126 valence electrons. The molecule has 0 aliphatic rings. The van der Waals surface area contributed by atoms with Gasteiger partial charge in [0.05, 0.1) is 15.8 Å². The molecule has 1 heterocycles.